The van der Waals surface area contributed by atoms with Gasteiger partial charge >= 0.3 is 5.97 Å². The van der Waals surface area contributed by atoms with Gasteiger partial charge in [0.1, 0.15) is 11.9 Å². The van der Waals surface area contributed by atoms with E-state index in [-0.39, 0.29) is 0 Å². The number of fused-ring (bicyclic) bond motifs is 2. The molecule has 8 heteroatoms. The Morgan fingerprint density at radius 2 is 1.97 bits per heavy atom. The average Bonchev–Trinajstić information content (AvgIpc) is 3.38. The fourth-order valence-corrected chi connectivity index (χ4v) is 4.17. The average molecular weight is 425 g/mol. The molecule has 6 nitrogen and oxygen atoms in total. The van der Waals surface area contributed by atoms with Crippen molar-refractivity contribution in [2.24, 2.45) is 0 Å². The number of hydrogen-bond acceptors (Lipinski definition) is 4. The Morgan fingerprint density at radius 1 is 1.14 bits per heavy atom. The largest absolute Gasteiger partial charge is 0.480 e. The van der Waals surface area contributed by atoms with E-state index in [0.29, 0.717) is 27.8 Å². The molecule has 29 heavy (non-hydrogen) atoms. The Morgan fingerprint density at radius 3 is 2.72 bits per heavy atom. The molecule has 0 amide bonds. The number of hydrogen-bond donors (Lipinski definition) is 1. The van der Waals surface area contributed by atoms with Crippen LogP contribution in [0, 0.1) is 0 Å². The third kappa shape index (κ3) is 2.84. The summed E-state index contributed by atoms with van der Waals surface area (Å²) in [6.07, 6.45) is 5.56. The number of pyridine rings is 1. The van der Waals surface area contributed by atoms with Crippen LogP contribution in [0.4, 0.5) is 11.5 Å². The van der Waals surface area contributed by atoms with Gasteiger partial charge in [0.15, 0.2) is 0 Å². The molecule has 5 rings (SSSR count). The minimum atomic E-state index is -0.913. The number of benzene rings is 2. The fourth-order valence-electron chi connectivity index (χ4n) is 3.81. The van der Waals surface area contributed by atoms with Crippen LogP contribution in [0.3, 0.4) is 0 Å². The first-order valence-electron chi connectivity index (χ1n) is 8.91. The van der Waals surface area contributed by atoms with Crippen LogP contribution in [0.25, 0.3) is 16.6 Å². The van der Waals surface area contributed by atoms with Gasteiger partial charge in [-0.15, -0.1) is 0 Å². The van der Waals surface area contributed by atoms with Crippen LogP contribution in [0.1, 0.15) is 5.56 Å². The van der Waals surface area contributed by atoms with Crippen molar-refractivity contribution in [3.8, 4) is 5.69 Å². The van der Waals surface area contributed by atoms with Crippen molar-refractivity contribution in [1.29, 1.82) is 0 Å². The summed E-state index contributed by atoms with van der Waals surface area (Å²) < 4.78 is 1.84. The van der Waals surface area contributed by atoms with E-state index in [9.17, 15) is 9.90 Å². The molecular weight excluding hydrogens is 411 g/mol. The summed E-state index contributed by atoms with van der Waals surface area (Å²) in [6.45, 7) is 0. The van der Waals surface area contributed by atoms with E-state index in [4.69, 9.17) is 28.2 Å². The first kappa shape index (κ1) is 18.0. The van der Waals surface area contributed by atoms with E-state index in [1.807, 2.05) is 47.2 Å². The van der Waals surface area contributed by atoms with Gasteiger partial charge in [-0.1, -0.05) is 41.4 Å². The molecule has 0 radical (unpaired) electrons. The molecule has 3 heterocycles. The minimum Gasteiger partial charge on any atom is -0.480 e. The smallest absolute Gasteiger partial charge is 0.327 e. The van der Waals surface area contributed by atoms with Gasteiger partial charge in [0.25, 0.3) is 0 Å². The molecule has 4 aromatic rings. The Labute approximate surface area is 175 Å². The molecule has 0 unspecified atom stereocenters. The number of imidazole rings is 1. The van der Waals surface area contributed by atoms with Gasteiger partial charge in [-0.25, -0.2) is 14.8 Å². The number of anilines is 2. The lowest BCUT2D eigenvalue weighted by atomic mass is 10.1. The summed E-state index contributed by atoms with van der Waals surface area (Å²) >= 11 is 12.7. The lowest BCUT2D eigenvalue weighted by molar-refractivity contribution is -0.138. The number of aliphatic carboxylic acids is 1. The molecule has 0 bridgehead atoms. The van der Waals surface area contributed by atoms with E-state index in [1.165, 1.54) is 0 Å². The molecule has 0 saturated heterocycles. The van der Waals surface area contributed by atoms with Gasteiger partial charge in [0.05, 0.1) is 27.6 Å². The maximum atomic E-state index is 12.0. The van der Waals surface area contributed by atoms with Gasteiger partial charge in [-0.3, -0.25) is 0 Å². The first-order valence-corrected chi connectivity index (χ1v) is 9.67. The maximum absolute atomic E-state index is 12.0. The van der Waals surface area contributed by atoms with Gasteiger partial charge in [0.2, 0.25) is 0 Å². The molecule has 0 fully saturated rings. The van der Waals surface area contributed by atoms with E-state index >= 15 is 0 Å². The predicted octanol–water partition coefficient (Wildman–Crippen LogP) is 4.87. The molecule has 1 aliphatic rings. The monoisotopic (exact) mass is 424 g/mol. The molecule has 1 N–H and O–H groups in total. The fraction of sp³-hybridized carbons (Fsp3) is 0.0952. The lowest BCUT2D eigenvalue weighted by Gasteiger charge is -2.25. The number of rotatable bonds is 3. The van der Waals surface area contributed by atoms with E-state index < -0.39 is 12.0 Å². The molecule has 0 saturated carbocycles. The summed E-state index contributed by atoms with van der Waals surface area (Å²) in [5.74, 6) is -0.424. The Bertz CT molecular complexity index is 1260. The Kier molecular flexibility index (Phi) is 4.19. The zero-order chi connectivity index (χ0) is 20.1. The topological polar surface area (TPSA) is 71.2 Å². The van der Waals surface area contributed by atoms with Crippen molar-refractivity contribution in [3.63, 3.8) is 0 Å². The number of nitrogens with zero attached hydrogens (tertiary/aromatic N) is 4. The van der Waals surface area contributed by atoms with Crippen LogP contribution in [0.2, 0.25) is 10.0 Å². The molecule has 0 aliphatic carbocycles. The second-order valence-corrected chi connectivity index (χ2v) is 7.57. The van der Waals surface area contributed by atoms with Crippen molar-refractivity contribution >= 4 is 51.6 Å². The summed E-state index contributed by atoms with van der Waals surface area (Å²) in [5, 5.41) is 11.4. The van der Waals surface area contributed by atoms with Crippen LogP contribution in [0.5, 0.6) is 0 Å². The summed E-state index contributed by atoms with van der Waals surface area (Å²) in [6, 6.07) is 12.3. The van der Waals surface area contributed by atoms with Gasteiger partial charge in [0, 0.05) is 36.0 Å². The third-order valence-electron chi connectivity index (χ3n) is 5.13. The number of halogens is 2. The number of para-hydroxylation sites is 1. The van der Waals surface area contributed by atoms with Crippen molar-refractivity contribution in [3.05, 3.63) is 76.8 Å². The summed E-state index contributed by atoms with van der Waals surface area (Å²) in [7, 11) is 0. The second kappa shape index (κ2) is 6.76. The highest BCUT2D eigenvalue weighted by atomic mass is 35.5. The minimum absolute atomic E-state index is 0.326. The van der Waals surface area contributed by atoms with Gasteiger partial charge in [-0.2, -0.15) is 0 Å². The normalized spacial score (nSPS) is 15.7. The van der Waals surface area contributed by atoms with Crippen LogP contribution >= 0.6 is 23.2 Å². The standard InChI is InChI=1S/C21H14Cl2N4O2/c22-14-6-5-13-16(26-8-7-24-11-26)10-18(25-20(13)19(14)23)27-15-4-2-1-3-12(15)9-17(27)21(28)29/h1-8,10-11,17H,9H2,(H,28,29)/t17-/m0/s1. The van der Waals surface area contributed by atoms with Crippen molar-refractivity contribution < 1.29 is 9.90 Å². The van der Waals surface area contributed by atoms with Crippen molar-refractivity contribution in [1.82, 2.24) is 14.5 Å². The molecule has 2 aromatic heterocycles. The Hall–Kier alpha value is -3.09. The van der Waals surface area contributed by atoms with Crippen LogP contribution in [-0.2, 0) is 11.2 Å². The lowest BCUT2D eigenvalue weighted by Crippen LogP contribution is -2.35. The number of carbonyl (C=O) groups is 1. The summed E-state index contributed by atoms with van der Waals surface area (Å²) in [5.41, 5.74) is 3.08. The quantitative estimate of drug-likeness (QED) is 0.507. The zero-order valence-corrected chi connectivity index (χ0v) is 16.5. The highest BCUT2D eigenvalue weighted by molar-refractivity contribution is 6.45. The van der Waals surface area contributed by atoms with Gasteiger partial charge in [-0.05, 0) is 23.8 Å². The van der Waals surface area contributed by atoms with Gasteiger partial charge < -0.3 is 14.6 Å². The summed E-state index contributed by atoms with van der Waals surface area (Å²) in [4.78, 5) is 22.6. The molecular formula is C21H14Cl2N4O2. The van der Waals surface area contributed by atoms with Crippen LogP contribution in [-0.4, -0.2) is 31.7 Å². The van der Waals surface area contributed by atoms with Crippen molar-refractivity contribution in [2.45, 2.75) is 12.5 Å². The number of carboxylic acids is 1. The van der Waals surface area contributed by atoms with Crippen LogP contribution in [0.15, 0.2) is 61.2 Å². The Balaban J connectivity index is 1.81. The predicted molar refractivity (Wildman–Crippen MR) is 113 cm³/mol. The number of aromatic nitrogens is 3. The first-order chi connectivity index (χ1) is 14.0. The molecule has 2 aromatic carbocycles. The molecule has 0 spiro atoms. The van der Waals surface area contributed by atoms with E-state index in [1.54, 1.807) is 23.5 Å². The second-order valence-electron chi connectivity index (χ2n) is 6.78. The molecule has 1 aliphatic heterocycles. The third-order valence-corrected chi connectivity index (χ3v) is 5.92. The van der Waals surface area contributed by atoms with Crippen molar-refractivity contribution in [2.75, 3.05) is 4.90 Å². The van der Waals surface area contributed by atoms with E-state index in [2.05, 4.69) is 4.98 Å². The maximum Gasteiger partial charge on any atom is 0.327 e. The number of carboxylic acid groups (broad SMARTS) is 1. The zero-order valence-electron chi connectivity index (χ0n) is 15.0. The molecule has 1 atom stereocenters. The SMILES string of the molecule is O=C(O)[C@@H]1Cc2ccccc2N1c1cc(-n2ccnc2)c2ccc(Cl)c(Cl)c2n1. The van der Waals surface area contributed by atoms with Crippen LogP contribution < -0.4 is 4.90 Å². The molecule has 144 valence electrons. The van der Waals surface area contributed by atoms with E-state index in [0.717, 1.165) is 22.3 Å². The highest BCUT2D eigenvalue weighted by Gasteiger charge is 2.36. The highest BCUT2D eigenvalue weighted by Crippen LogP contribution is 2.41.